The van der Waals surface area contributed by atoms with Crippen molar-refractivity contribution < 1.29 is 4.79 Å². The van der Waals surface area contributed by atoms with Crippen molar-refractivity contribution in [3.8, 4) is 11.1 Å². The van der Waals surface area contributed by atoms with Gasteiger partial charge in [0.2, 0.25) is 0 Å². The van der Waals surface area contributed by atoms with E-state index in [1.54, 1.807) is 6.20 Å². The van der Waals surface area contributed by atoms with Crippen molar-refractivity contribution >= 4 is 22.9 Å². The van der Waals surface area contributed by atoms with E-state index in [-0.39, 0.29) is 6.03 Å². The van der Waals surface area contributed by atoms with E-state index in [1.165, 1.54) is 32.1 Å². The number of rotatable bonds is 3. The van der Waals surface area contributed by atoms with Crippen LogP contribution < -0.4 is 10.6 Å². The maximum absolute atomic E-state index is 12.7. The fraction of sp³-hybridized carbons (Fsp3) is 0.400. The highest BCUT2D eigenvalue weighted by Crippen LogP contribution is 2.53. The lowest BCUT2D eigenvalue weighted by atomic mass is 9.54. The maximum Gasteiger partial charge on any atom is 0.320 e. The van der Waals surface area contributed by atoms with E-state index in [2.05, 4.69) is 38.8 Å². The summed E-state index contributed by atoms with van der Waals surface area (Å²) in [6.45, 7) is 0. The normalized spacial score (nSPS) is 29.1. The number of aromatic nitrogens is 2. The van der Waals surface area contributed by atoms with Crippen molar-refractivity contribution in [2.45, 2.75) is 38.1 Å². The lowest BCUT2D eigenvalue weighted by Crippen LogP contribution is -2.56. The van der Waals surface area contributed by atoms with Crippen LogP contribution in [0.25, 0.3) is 22.2 Å². The van der Waals surface area contributed by atoms with Crippen LogP contribution in [0.3, 0.4) is 0 Å². The van der Waals surface area contributed by atoms with Gasteiger partial charge in [-0.3, -0.25) is 10.3 Å². The Morgan fingerprint density at radius 3 is 2.30 bits per heavy atom. The van der Waals surface area contributed by atoms with Crippen LogP contribution in [0.1, 0.15) is 32.1 Å². The third-order valence-electron chi connectivity index (χ3n) is 7.42. The smallest absolute Gasteiger partial charge is 0.320 e. The molecular formula is C25H26N4O. The molecule has 4 aliphatic rings. The van der Waals surface area contributed by atoms with Gasteiger partial charge in [-0.2, -0.15) is 0 Å². The summed E-state index contributed by atoms with van der Waals surface area (Å²) in [6.07, 6.45) is 8.21. The molecule has 0 aliphatic heterocycles. The van der Waals surface area contributed by atoms with Crippen molar-refractivity contribution in [3.05, 3.63) is 54.7 Å². The molecule has 0 unspecified atom stereocenters. The molecule has 2 N–H and O–H groups in total. The van der Waals surface area contributed by atoms with Gasteiger partial charge in [0.1, 0.15) is 0 Å². The molecule has 2 aromatic carbocycles. The Morgan fingerprint density at radius 2 is 1.57 bits per heavy atom. The minimum atomic E-state index is -0.152. The molecule has 2 amide bonds. The van der Waals surface area contributed by atoms with Crippen LogP contribution in [-0.2, 0) is 0 Å². The molecule has 30 heavy (non-hydrogen) atoms. The van der Waals surface area contributed by atoms with Crippen molar-refractivity contribution in [1.29, 1.82) is 0 Å². The average Bonchev–Trinajstić information content (AvgIpc) is 2.76. The number of hydrogen-bond donors (Lipinski definition) is 2. The first-order valence-electron chi connectivity index (χ1n) is 11.1. The zero-order chi connectivity index (χ0) is 20.1. The highest BCUT2D eigenvalue weighted by atomic mass is 16.2. The van der Waals surface area contributed by atoms with Crippen molar-refractivity contribution in [2.24, 2.45) is 23.7 Å². The molecule has 1 aromatic heterocycles. The van der Waals surface area contributed by atoms with Gasteiger partial charge in [-0.05, 0) is 79.0 Å². The summed E-state index contributed by atoms with van der Waals surface area (Å²) in [5, 5.41) is 6.21. The van der Waals surface area contributed by atoms with Crippen LogP contribution in [0.2, 0.25) is 0 Å². The van der Waals surface area contributed by atoms with Gasteiger partial charge in [-0.1, -0.05) is 36.4 Å². The highest BCUT2D eigenvalue weighted by Gasteiger charge is 2.48. The summed E-state index contributed by atoms with van der Waals surface area (Å²) in [5.74, 6) is 3.61. The number of nitrogens with zero attached hydrogens (tertiary/aromatic N) is 2. The lowest BCUT2D eigenvalue weighted by Gasteiger charge is -2.54. The average molecular weight is 399 g/mol. The second kappa shape index (κ2) is 7.08. The number of urea groups is 1. The van der Waals surface area contributed by atoms with Crippen LogP contribution in [0.5, 0.6) is 0 Å². The van der Waals surface area contributed by atoms with Crippen molar-refractivity contribution in [1.82, 2.24) is 15.3 Å². The van der Waals surface area contributed by atoms with Crippen LogP contribution in [0.15, 0.2) is 54.7 Å². The van der Waals surface area contributed by atoms with Gasteiger partial charge in [-0.25, -0.2) is 9.78 Å². The summed E-state index contributed by atoms with van der Waals surface area (Å²) in [5.41, 5.74) is 3.83. The largest absolute Gasteiger partial charge is 0.335 e. The van der Waals surface area contributed by atoms with Gasteiger partial charge in [0.25, 0.3) is 0 Å². The van der Waals surface area contributed by atoms with E-state index >= 15 is 0 Å². The topological polar surface area (TPSA) is 66.9 Å². The van der Waals surface area contributed by atoms with Crippen LogP contribution in [0.4, 0.5) is 10.6 Å². The Hall–Kier alpha value is -2.95. The fourth-order valence-corrected chi connectivity index (χ4v) is 6.35. The van der Waals surface area contributed by atoms with Gasteiger partial charge in [0.15, 0.2) is 5.82 Å². The molecule has 7 rings (SSSR count). The minimum absolute atomic E-state index is 0.152. The number of nitrogens with one attached hydrogen (secondary N) is 2. The molecular weight excluding hydrogens is 372 g/mol. The van der Waals surface area contributed by atoms with Gasteiger partial charge < -0.3 is 5.32 Å². The number of carbonyl (C=O) groups is 1. The SMILES string of the molecule is O=C(Nc1cnc2ccc(-c3ccccc3)cc2n1)NC1C2CC3CC(C2)CC1C3. The van der Waals surface area contributed by atoms with E-state index in [0.717, 1.165) is 34.0 Å². The van der Waals surface area contributed by atoms with E-state index in [4.69, 9.17) is 0 Å². The zero-order valence-electron chi connectivity index (χ0n) is 16.9. The van der Waals surface area contributed by atoms with Crippen LogP contribution in [-0.4, -0.2) is 22.0 Å². The predicted octanol–water partition coefficient (Wildman–Crippen LogP) is 5.24. The Bertz CT molecular complexity index is 1070. The molecule has 4 bridgehead atoms. The summed E-state index contributed by atoms with van der Waals surface area (Å²) in [6, 6.07) is 16.4. The molecule has 5 heteroatoms. The first-order chi connectivity index (χ1) is 14.7. The molecule has 152 valence electrons. The lowest BCUT2D eigenvalue weighted by molar-refractivity contribution is -0.00883. The predicted molar refractivity (Wildman–Crippen MR) is 118 cm³/mol. The second-order valence-electron chi connectivity index (χ2n) is 9.38. The summed E-state index contributed by atoms with van der Waals surface area (Å²) in [7, 11) is 0. The molecule has 5 nitrogen and oxygen atoms in total. The first kappa shape index (κ1) is 17.9. The van der Waals surface area contributed by atoms with Gasteiger partial charge in [0, 0.05) is 6.04 Å². The Balaban J connectivity index is 1.19. The third-order valence-corrected chi connectivity index (χ3v) is 7.42. The van der Waals surface area contributed by atoms with E-state index < -0.39 is 0 Å². The molecule has 4 fully saturated rings. The van der Waals surface area contributed by atoms with Gasteiger partial charge >= 0.3 is 6.03 Å². The van der Waals surface area contributed by atoms with Crippen molar-refractivity contribution in [3.63, 3.8) is 0 Å². The molecule has 0 radical (unpaired) electrons. The van der Waals surface area contributed by atoms with Gasteiger partial charge in [-0.15, -0.1) is 0 Å². The number of benzene rings is 2. The molecule has 4 saturated carbocycles. The van der Waals surface area contributed by atoms with Crippen LogP contribution in [0, 0.1) is 23.7 Å². The van der Waals surface area contributed by atoms with Gasteiger partial charge in [0.05, 0.1) is 17.2 Å². The Morgan fingerprint density at radius 1 is 0.833 bits per heavy atom. The molecule has 0 spiro atoms. The number of hydrogen-bond acceptors (Lipinski definition) is 3. The maximum atomic E-state index is 12.7. The number of carbonyl (C=O) groups excluding carboxylic acids is 1. The first-order valence-corrected chi connectivity index (χ1v) is 11.1. The zero-order valence-corrected chi connectivity index (χ0v) is 16.9. The summed E-state index contributed by atoms with van der Waals surface area (Å²) < 4.78 is 0. The third kappa shape index (κ3) is 3.22. The number of fused-ring (bicyclic) bond motifs is 1. The minimum Gasteiger partial charge on any atom is -0.335 e. The Kier molecular flexibility index (Phi) is 4.22. The summed E-state index contributed by atoms with van der Waals surface area (Å²) >= 11 is 0. The number of anilines is 1. The molecule has 0 saturated heterocycles. The molecule has 3 aromatic rings. The van der Waals surface area contributed by atoms with Crippen molar-refractivity contribution in [2.75, 3.05) is 5.32 Å². The molecule has 4 aliphatic carbocycles. The van der Waals surface area contributed by atoms with E-state index in [0.29, 0.717) is 23.7 Å². The summed E-state index contributed by atoms with van der Waals surface area (Å²) in [4.78, 5) is 21.9. The number of amides is 2. The van der Waals surface area contributed by atoms with E-state index in [9.17, 15) is 4.79 Å². The quantitative estimate of drug-likeness (QED) is 0.634. The highest BCUT2D eigenvalue weighted by molar-refractivity contribution is 5.90. The standard InChI is InChI=1S/C25H26N4O/c30-25(29-24-19-9-15-8-16(11-19)12-20(24)10-15)28-23-14-26-21-7-6-18(13-22(21)27-23)17-4-2-1-3-5-17/h1-7,13-16,19-20,24H,8-12H2,(H2,27,28,29,30). The monoisotopic (exact) mass is 398 g/mol. The molecule has 0 atom stereocenters. The fourth-order valence-electron chi connectivity index (χ4n) is 6.35. The van der Waals surface area contributed by atoms with Crippen LogP contribution >= 0.6 is 0 Å². The van der Waals surface area contributed by atoms with E-state index in [1.807, 2.05) is 30.3 Å². The second-order valence-corrected chi connectivity index (χ2v) is 9.38. The Labute approximate surface area is 176 Å². The molecule has 1 heterocycles.